The fourth-order valence-electron chi connectivity index (χ4n) is 4.37. The van der Waals surface area contributed by atoms with E-state index in [9.17, 15) is 13.2 Å². The number of carbonyl (C=O) groups is 1. The highest BCUT2D eigenvalue weighted by molar-refractivity contribution is 7.89. The van der Waals surface area contributed by atoms with Gasteiger partial charge in [0.1, 0.15) is 0 Å². The second kappa shape index (κ2) is 7.92. The number of ether oxygens (including phenoxy) is 2. The molecule has 30 heavy (non-hydrogen) atoms. The van der Waals surface area contributed by atoms with E-state index < -0.39 is 10.0 Å². The Morgan fingerprint density at radius 1 is 1.10 bits per heavy atom. The lowest BCUT2D eigenvalue weighted by molar-refractivity contribution is 0.0946. The third kappa shape index (κ3) is 3.77. The molecule has 0 radical (unpaired) electrons. The SMILES string of the molecule is Cc1cc(C)c(S(=O)(=O)N2CCC[C@@H]2CNC(=O)c2ccc3c(c2)OCO3)c(C)c1. The van der Waals surface area contributed by atoms with E-state index >= 15 is 0 Å². The lowest BCUT2D eigenvalue weighted by Gasteiger charge is -2.26. The summed E-state index contributed by atoms with van der Waals surface area (Å²) >= 11 is 0. The first-order valence-electron chi connectivity index (χ1n) is 10.0. The summed E-state index contributed by atoms with van der Waals surface area (Å²) in [6.45, 7) is 6.49. The Morgan fingerprint density at radius 3 is 2.53 bits per heavy atom. The van der Waals surface area contributed by atoms with Gasteiger partial charge in [-0.25, -0.2) is 8.42 Å². The summed E-state index contributed by atoms with van der Waals surface area (Å²) in [6, 6.07) is 8.53. The average Bonchev–Trinajstić information content (AvgIpc) is 3.33. The van der Waals surface area contributed by atoms with Crippen LogP contribution in [0.3, 0.4) is 0 Å². The number of carbonyl (C=O) groups excluding carboxylic acids is 1. The van der Waals surface area contributed by atoms with Crippen LogP contribution in [0.15, 0.2) is 35.2 Å². The van der Waals surface area contributed by atoms with Gasteiger partial charge in [0.05, 0.1) is 4.90 Å². The lowest BCUT2D eigenvalue weighted by Crippen LogP contribution is -2.43. The van der Waals surface area contributed by atoms with E-state index in [1.54, 1.807) is 18.2 Å². The maximum absolute atomic E-state index is 13.4. The maximum Gasteiger partial charge on any atom is 0.251 e. The molecule has 0 spiro atoms. The second-order valence-corrected chi connectivity index (χ2v) is 9.75. The number of amides is 1. The number of sulfonamides is 1. The van der Waals surface area contributed by atoms with Crippen LogP contribution in [-0.2, 0) is 10.0 Å². The molecule has 2 heterocycles. The van der Waals surface area contributed by atoms with Gasteiger partial charge in [-0.15, -0.1) is 0 Å². The van der Waals surface area contributed by atoms with Crippen molar-refractivity contribution in [3.63, 3.8) is 0 Å². The molecule has 0 bridgehead atoms. The monoisotopic (exact) mass is 430 g/mol. The molecule has 8 heteroatoms. The van der Waals surface area contributed by atoms with Crippen LogP contribution < -0.4 is 14.8 Å². The highest BCUT2D eigenvalue weighted by atomic mass is 32.2. The molecule has 1 atom stereocenters. The van der Waals surface area contributed by atoms with Crippen molar-refractivity contribution < 1.29 is 22.7 Å². The van der Waals surface area contributed by atoms with Crippen molar-refractivity contribution in [2.24, 2.45) is 0 Å². The molecule has 2 aliphatic rings. The minimum atomic E-state index is -3.64. The Morgan fingerprint density at radius 2 is 1.80 bits per heavy atom. The number of benzene rings is 2. The molecule has 1 fully saturated rings. The first kappa shape index (κ1) is 20.7. The number of hydrogen-bond acceptors (Lipinski definition) is 5. The van der Waals surface area contributed by atoms with E-state index in [1.165, 1.54) is 4.31 Å². The summed E-state index contributed by atoms with van der Waals surface area (Å²) in [5, 5.41) is 2.88. The minimum Gasteiger partial charge on any atom is -0.454 e. The predicted molar refractivity (Wildman–Crippen MR) is 112 cm³/mol. The van der Waals surface area contributed by atoms with E-state index in [0.29, 0.717) is 34.9 Å². The molecule has 0 aliphatic carbocycles. The minimum absolute atomic E-state index is 0.146. The fraction of sp³-hybridized carbons (Fsp3) is 0.409. The molecule has 7 nitrogen and oxygen atoms in total. The van der Waals surface area contributed by atoms with Crippen molar-refractivity contribution in [3.8, 4) is 11.5 Å². The highest BCUT2D eigenvalue weighted by Gasteiger charge is 2.37. The van der Waals surface area contributed by atoms with Crippen LogP contribution in [0.2, 0.25) is 0 Å². The summed E-state index contributed by atoms with van der Waals surface area (Å²) in [7, 11) is -3.64. The van der Waals surface area contributed by atoms with Crippen LogP contribution >= 0.6 is 0 Å². The second-order valence-electron chi connectivity index (χ2n) is 7.92. The van der Waals surface area contributed by atoms with E-state index in [2.05, 4.69) is 5.32 Å². The number of hydrogen-bond donors (Lipinski definition) is 1. The smallest absolute Gasteiger partial charge is 0.251 e. The quantitative estimate of drug-likeness (QED) is 0.788. The van der Waals surface area contributed by atoms with Crippen LogP contribution in [0.5, 0.6) is 11.5 Å². The first-order valence-corrected chi connectivity index (χ1v) is 11.5. The molecule has 2 aliphatic heterocycles. The standard InChI is InChI=1S/C22H26N2O5S/c1-14-9-15(2)21(16(3)10-14)30(26,27)24-8-4-5-18(24)12-23-22(25)17-6-7-19-20(11-17)29-13-28-19/h6-7,9-11,18H,4-5,8,12-13H2,1-3H3,(H,23,25)/t18-/m1/s1. The van der Waals surface area contributed by atoms with E-state index in [1.807, 2.05) is 32.9 Å². The third-order valence-electron chi connectivity index (χ3n) is 5.63. The van der Waals surface area contributed by atoms with Gasteiger partial charge in [-0.2, -0.15) is 4.31 Å². The van der Waals surface area contributed by atoms with Gasteiger partial charge in [0, 0.05) is 24.7 Å². The van der Waals surface area contributed by atoms with Gasteiger partial charge in [-0.1, -0.05) is 17.7 Å². The van der Waals surface area contributed by atoms with Crippen molar-refractivity contribution in [1.82, 2.24) is 9.62 Å². The van der Waals surface area contributed by atoms with E-state index in [0.717, 1.165) is 23.1 Å². The van der Waals surface area contributed by atoms with Gasteiger partial charge in [-0.3, -0.25) is 4.79 Å². The molecule has 2 aromatic rings. The molecule has 1 amide bonds. The largest absolute Gasteiger partial charge is 0.454 e. The number of nitrogens with zero attached hydrogens (tertiary/aromatic N) is 1. The van der Waals surface area contributed by atoms with Crippen molar-refractivity contribution in [1.29, 1.82) is 0 Å². The molecular weight excluding hydrogens is 404 g/mol. The lowest BCUT2D eigenvalue weighted by atomic mass is 10.1. The van der Waals surface area contributed by atoms with Crippen molar-refractivity contribution in [2.75, 3.05) is 19.9 Å². The Hall–Kier alpha value is -2.58. The third-order valence-corrected chi connectivity index (χ3v) is 7.89. The van der Waals surface area contributed by atoms with Crippen LogP contribution in [0.1, 0.15) is 39.9 Å². The van der Waals surface area contributed by atoms with Gasteiger partial charge in [-0.05, 0) is 62.9 Å². The molecule has 0 saturated carbocycles. The average molecular weight is 431 g/mol. The normalized spacial score (nSPS) is 18.6. The molecule has 2 aromatic carbocycles. The molecular formula is C22H26N2O5S. The van der Waals surface area contributed by atoms with Crippen molar-refractivity contribution in [3.05, 3.63) is 52.6 Å². The van der Waals surface area contributed by atoms with Crippen LogP contribution in [-0.4, -0.2) is 44.6 Å². The van der Waals surface area contributed by atoms with Gasteiger partial charge < -0.3 is 14.8 Å². The molecule has 1 N–H and O–H groups in total. The Balaban J connectivity index is 1.49. The highest BCUT2D eigenvalue weighted by Crippen LogP contribution is 2.33. The van der Waals surface area contributed by atoms with Gasteiger partial charge in [0.25, 0.3) is 5.91 Å². The Bertz CT molecular complexity index is 1070. The van der Waals surface area contributed by atoms with Crippen molar-refractivity contribution in [2.45, 2.75) is 44.6 Å². The zero-order chi connectivity index (χ0) is 21.5. The summed E-state index contributed by atoms with van der Waals surface area (Å²) in [5.74, 6) is 0.890. The number of rotatable bonds is 5. The van der Waals surface area contributed by atoms with Gasteiger partial charge in [0.15, 0.2) is 11.5 Å². The molecule has 0 unspecified atom stereocenters. The van der Waals surface area contributed by atoms with Crippen molar-refractivity contribution >= 4 is 15.9 Å². The maximum atomic E-state index is 13.4. The Labute approximate surface area is 177 Å². The van der Waals surface area contributed by atoms with E-state index in [-0.39, 0.29) is 25.3 Å². The van der Waals surface area contributed by atoms with Crippen LogP contribution in [0, 0.1) is 20.8 Å². The van der Waals surface area contributed by atoms with E-state index in [4.69, 9.17) is 9.47 Å². The summed E-state index contributed by atoms with van der Waals surface area (Å²) in [4.78, 5) is 13.0. The molecule has 4 rings (SSSR count). The fourth-order valence-corrected chi connectivity index (χ4v) is 6.48. The summed E-state index contributed by atoms with van der Waals surface area (Å²) in [6.07, 6.45) is 1.48. The zero-order valence-corrected chi connectivity index (χ0v) is 18.2. The summed E-state index contributed by atoms with van der Waals surface area (Å²) < 4.78 is 39.0. The molecule has 0 aromatic heterocycles. The molecule has 160 valence electrons. The van der Waals surface area contributed by atoms with Crippen LogP contribution in [0.4, 0.5) is 0 Å². The topological polar surface area (TPSA) is 84.9 Å². The summed E-state index contributed by atoms with van der Waals surface area (Å²) in [5.41, 5.74) is 3.00. The first-order chi connectivity index (χ1) is 14.3. The Kier molecular flexibility index (Phi) is 5.46. The number of aryl methyl sites for hydroxylation is 3. The van der Waals surface area contributed by atoms with Gasteiger partial charge in [0.2, 0.25) is 16.8 Å². The number of fused-ring (bicyclic) bond motifs is 1. The number of nitrogens with one attached hydrogen (secondary N) is 1. The zero-order valence-electron chi connectivity index (χ0n) is 17.4. The molecule has 1 saturated heterocycles. The predicted octanol–water partition coefficient (Wildman–Crippen LogP) is 2.92. The van der Waals surface area contributed by atoms with Crippen LogP contribution in [0.25, 0.3) is 0 Å². The van der Waals surface area contributed by atoms with Gasteiger partial charge >= 0.3 is 0 Å².